The molecule has 1 aliphatic carbocycles. The summed E-state index contributed by atoms with van der Waals surface area (Å²) >= 11 is 0. The topological polar surface area (TPSA) is 84.7 Å². The third kappa shape index (κ3) is 5.53. The number of para-hydroxylation sites is 2. The van der Waals surface area contributed by atoms with E-state index >= 15 is 0 Å². The van der Waals surface area contributed by atoms with E-state index in [1.165, 1.54) is 24.2 Å². The van der Waals surface area contributed by atoms with Gasteiger partial charge in [0.05, 0.1) is 18.1 Å². The van der Waals surface area contributed by atoms with Crippen molar-refractivity contribution >= 4 is 22.9 Å². The van der Waals surface area contributed by atoms with Crippen LogP contribution in [-0.2, 0) is 22.7 Å². The lowest BCUT2D eigenvalue weighted by atomic mass is 9.88. The van der Waals surface area contributed by atoms with Crippen molar-refractivity contribution in [3.05, 3.63) is 59.9 Å². The summed E-state index contributed by atoms with van der Waals surface area (Å²) in [5, 5.41) is 9.39. The maximum Gasteiger partial charge on any atom is 0.323 e. The largest absolute Gasteiger partial charge is 0.497 e. The molecule has 174 valence electrons. The average molecular weight is 450 g/mol. The van der Waals surface area contributed by atoms with Gasteiger partial charge < -0.3 is 19.3 Å². The van der Waals surface area contributed by atoms with Crippen molar-refractivity contribution in [1.82, 2.24) is 14.5 Å². The molecule has 0 aliphatic heterocycles. The highest BCUT2D eigenvalue weighted by molar-refractivity contribution is 5.82. The quantitative estimate of drug-likeness (QED) is 0.516. The predicted octanol–water partition coefficient (Wildman–Crippen LogP) is 4.60. The van der Waals surface area contributed by atoms with Gasteiger partial charge in [-0.05, 0) is 42.7 Å². The van der Waals surface area contributed by atoms with E-state index in [4.69, 9.17) is 9.72 Å². The summed E-state index contributed by atoms with van der Waals surface area (Å²) in [6, 6.07) is 15.4. The molecule has 0 saturated heterocycles. The number of aryl methyl sites for hydroxylation is 1. The summed E-state index contributed by atoms with van der Waals surface area (Å²) in [5.41, 5.74) is 2.81. The van der Waals surface area contributed by atoms with Gasteiger partial charge in [-0.1, -0.05) is 43.5 Å². The van der Waals surface area contributed by atoms with Crippen LogP contribution in [0, 0.1) is 0 Å². The molecule has 0 spiro atoms. The molecule has 2 aromatic carbocycles. The monoisotopic (exact) mass is 449 g/mol. The summed E-state index contributed by atoms with van der Waals surface area (Å²) in [6.07, 6.45) is 6.15. The van der Waals surface area contributed by atoms with Gasteiger partial charge in [-0.25, -0.2) is 4.98 Å². The van der Waals surface area contributed by atoms with Crippen molar-refractivity contribution in [1.29, 1.82) is 0 Å². The molecule has 7 heteroatoms. The molecule has 1 fully saturated rings. The molecule has 4 rings (SSSR count). The first-order valence-electron chi connectivity index (χ1n) is 11.6. The molecule has 3 aromatic rings. The van der Waals surface area contributed by atoms with Crippen molar-refractivity contribution < 1.29 is 19.4 Å². The molecule has 0 atom stereocenters. The zero-order valence-corrected chi connectivity index (χ0v) is 19.1. The average Bonchev–Trinajstić information content (AvgIpc) is 3.21. The Morgan fingerprint density at radius 2 is 1.91 bits per heavy atom. The molecule has 1 amide bonds. The van der Waals surface area contributed by atoms with Crippen molar-refractivity contribution in [3.8, 4) is 5.75 Å². The second-order valence-corrected chi connectivity index (χ2v) is 8.69. The highest BCUT2D eigenvalue weighted by atomic mass is 16.5. The molecular formula is C26H31N3O4. The van der Waals surface area contributed by atoms with Crippen molar-refractivity contribution in [3.63, 3.8) is 0 Å². The van der Waals surface area contributed by atoms with Gasteiger partial charge >= 0.3 is 5.97 Å². The number of hydrogen-bond donors (Lipinski definition) is 1. The summed E-state index contributed by atoms with van der Waals surface area (Å²) in [7, 11) is 1.58. The first kappa shape index (κ1) is 22.8. The van der Waals surface area contributed by atoms with E-state index in [9.17, 15) is 14.7 Å². The Bertz CT molecular complexity index is 1120. The van der Waals surface area contributed by atoms with Gasteiger partial charge in [-0.3, -0.25) is 9.59 Å². The number of aromatic nitrogens is 2. The zero-order valence-electron chi connectivity index (χ0n) is 19.1. The van der Waals surface area contributed by atoms with Crippen molar-refractivity contribution in [2.45, 2.75) is 57.5 Å². The number of fused-ring (bicyclic) bond motifs is 1. The van der Waals surface area contributed by atoms with Crippen LogP contribution < -0.4 is 4.74 Å². The van der Waals surface area contributed by atoms with E-state index in [2.05, 4.69) is 4.57 Å². The van der Waals surface area contributed by atoms with Crippen molar-refractivity contribution in [2.75, 3.05) is 13.7 Å². The fraction of sp³-hybridized carbons (Fsp3) is 0.423. The summed E-state index contributed by atoms with van der Waals surface area (Å²) in [6.45, 7) is 0.373. The van der Waals surface area contributed by atoms with Crippen LogP contribution in [0.4, 0.5) is 0 Å². The highest BCUT2D eigenvalue weighted by Crippen LogP contribution is 2.34. The third-order valence-corrected chi connectivity index (χ3v) is 6.39. The molecule has 7 nitrogen and oxygen atoms in total. The Labute approximate surface area is 194 Å². The van der Waals surface area contributed by atoms with Gasteiger partial charge in [0, 0.05) is 25.4 Å². The maximum atomic E-state index is 13.2. The predicted molar refractivity (Wildman–Crippen MR) is 126 cm³/mol. The number of benzene rings is 2. The van der Waals surface area contributed by atoms with Gasteiger partial charge in [-0.15, -0.1) is 0 Å². The molecule has 1 heterocycles. The zero-order chi connectivity index (χ0) is 23.2. The first-order valence-corrected chi connectivity index (χ1v) is 11.6. The number of amides is 1. The molecule has 0 bridgehead atoms. The van der Waals surface area contributed by atoms with Crippen LogP contribution in [0.25, 0.3) is 11.0 Å². The standard InChI is InChI=1S/C26H31N3O4/c1-33-21-11-7-8-19(16-21)17-28(18-25(31)32)24(30)14-15-29-23-13-6-5-12-22(23)27-26(29)20-9-3-2-4-10-20/h5-8,11-13,16,20H,2-4,9-10,14-15,17-18H2,1H3,(H,31,32). The number of hydrogen-bond acceptors (Lipinski definition) is 4. The molecule has 0 unspecified atom stereocenters. The lowest BCUT2D eigenvalue weighted by Gasteiger charge is -2.24. The fourth-order valence-electron chi connectivity index (χ4n) is 4.75. The second kappa shape index (κ2) is 10.5. The minimum Gasteiger partial charge on any atom is -0.497 e. The van der Waals surface area contributed by atoms with Crippen LogP contribution >= 0.6 is 0 Å². The van der Waals surface area contributed by atoms with Gasteiger partial charge in [0.25, 0.3) is 0 Å². The summed E-state index contributed by atoms with van der Waals surface area (Å²) in [5.74, 6) is 0.932. The van der Waals surface area contributed by atoms with Crippen LogP contribution in [0.3, 0.4) is 0 Å². The van der Waals surface area contributed by atoms with E-state index in [1.807, 2.05) is 48.5 Å². The minimum atomic E-state index is -1.03. The smallest absolute Gasteiger partial charge is 0.323 e. The minimum absolute atomic E-state index is 0.187. The number of aliphatic carboxylic acids is 1. The maximum absolute atomic E-state index is 13.2. The van der Waals surface area contributed by atoms with E-state index < -0.39 is 5.97 Å². The molecule has 1 aromatic heterocycles. The van der Waals surface area contributed by atoms with Gasteiger partial charge in [0.15, 0.2) is 0 Å². The Balaban J connectivity index is 1.53. The van der Waals surface area contributed by atoms with E-state index in [0.29, 0.717) is 18.2 Å². The molecule has 0 radical (unpaired) electrons. The lowest BCUT2D eigenvalue weighted by Crippen LogP contribution is -2.35. The Morgan fingerprint density at radius 1 is 1.12 bits per heavy atom. The van der Waals surface area contributed by atoms with Crippen LogP contribution in [0.1, 0.15) is 55.8 Å². The number of methoxy groups -OCH3 is 1. The Morgan fingerprint density at radius 3 is 2.67 bits per heavy atom. The Kier molecular flexibility index (Phi) is 7.27. The van der Waals surface area contributed by atoms with E-state index in [-0.39, 0.29) is 25.4 Å². The number of rotatable bonds is 9. The van der Waals surface area contributed by atoms with Crippen LogP contribution in [0.15, 0.2) is 48.5 Å². The normalized spacial score (nSPS) is 14.3. The number of nitrogens with zero attached hydrogens (tertiary/aromatic N) is 3. The number of ether oxygens (including phenoxy) is 1. The van der Waals surface area contributed by atoms with Gasteiger partial charge in [0.1, 0.15) is 18.1 Å². The lowest BCUT2D eigenvalue weighted by molar-refractivity contribution is -0.145. The van der Waals surface area contributed by atoms with Gasteiger partial charge in [-0.2, -0.15) is 0 Å². The highest BCUT2D eigenvalue weighted by Gasteiger charge is 2.24. The Hall–Kier alpha value is -3.35. The van der Waals surface area contributed by atoms with Gasteiger partial charge in [0.2, 0.25) is 5.91 Å². The van der Waals surface area contributed by atoms with Crippen molar-refractivity contribution in [2.24, 2.45) is 0 Å². The molecular weight excluding hydrogens is 418 g/mol. The number of carbonyl (C=O) groups is 2. The number of imidazole rings is 1. The van der Waals surface area contributed by atoms with E-state index in [0.717, 1.165) is 35.3 Å². The SMILES string of the molecule is COc1cccc(CN(CC(=O)O)C(=O)CCn2c(C3CCCCC3)nc3ccccc32)c1. The number of carboxylic acids is 1. The van der Waals surface area contributed by atoms with Crippen LogP contribution in [0.5, 0.6) is 5.75 Å². The van der Waals surface area contributed by atoms with E-state index in [1.54, 1.807) is 7.11 Å². The summed E-state index contributed by atoms with van der Waals surface area (Å²) in [4.78, 5) is 30.9. The van der Waals surface area contributed by atoms with Crippen LogP contribution in [-0.4, -0.2) is 45.1 Å². The fourth-order valence-corrected chi connectivity index (χ4v) is 4.75. The third-order valence-electron chi connectivity index (χ3n) is 6.39. The second-order valence-electron chi connectivity index (χ2n) is 8.69. The molecule has 33 heavy (non-hydrogen) atoms. The summed E-state index contributed by atoms with van der Waals surface area (Å²) < 4.78 is 7.43. The molecule has 1 saturated carbocycles. The number of carbonyl (C=O) groups excluding carboxylic acids is 1. The number of carboxylic acid groups (broad SMARTS) is 1. The van der Waals surface area contributed by atoms with Crippen LogP contribution in [0.2, 0.25) is 0 Å². The first-order chi connectivity index (χ1) is 16.0. The molecule has 1 aliphatic rings. The molecule has 1 N–H and O–H groups in total.